The van der Waals surface area contributed by atoms with Gasteiger partial charge in [-0.1, -0.05) is 19.9 Å². The molecule has 5 nitrogen and oxygen atoms in total. The fourth-order valence-electron chi connectivity index (χ4n) is 2.06. The first-order valence-electron chi connectivity index (χ1n) is 6.78. The highest BCUT2D eigenvalue weighted by Gasteiger charge is 2.17. The van der Waals surface area contributed by atoms with E-state index in [1.165, 1.54) is 6.33 Å². The second kappa shape index (κ2) is 6.23. The van der Waals surface area contributed by atoms with Crippen molar-refractivity contribution in [1.82, 2.24) is 9.97 Å². The molecular formula is C16H18N4O. The zero-order valence-electron chi connectivity index (χ0n) is 12.6. The summed E-state index contributed by atoms with van der Waals surface area (Å²) in [5, 5.41) is 12.1. The van der Waals surface area contributed by atoms with Gasteiger partial charge < -0.3 is 10.1 Å². The lowest BCUT2D eigenvalue weighted by Gasteiger charge is -2.16. The predicted octanol–water partition coefficient (Wildman–Crippen LogP) is 3.61. The number of rotatable bonds is 4. The zero-order chi connectivity index (χ0) is 15.4. The minimum Gasteiger partial charge on any atom is -0.438 e. The molecule has 1 N–H and O–H groups in total. The first-order valence-corrected chi connectivity index (χ1v) is 6.78. The molecule has 1 heterocycles. The van der Waals surface area contributed by atoms with Gasteiger partial charge in [0.25, 0.3) is 0 Å². The average molecular weight is 282 g/mol. The first kappa shape index (κ1) is 14.8. The number of nitriles is 1. The molecule has 0 aliphatic rings. The van der Waals surface area contributed by atoms with Gasteiger partial charge in [-0.15, -0.1) is 0 Å². The molecule has 0 saturated carbocycles. The highest BCUT2D eigenvalue weighted by atomic mass is 16.5. The largest absolute Gasteiger partial charge is 0.438 e. The van der Waals surface area contributed by atoms with Crippen LogP contribution in [0.3, 0.4) is 0 Å². The van der Waals surface area contributed by atoms with E-state index in [4.69, 9.17) is 10.00 Å². The molecule has 0 aliphatic carbocycles. The SMILES string of the molecule is CNc1ncnc(Oc2cc(C#N)ccc2C)c1C(C)C. The summed E-state index contributed by atoms with van der Waals surface area (Å²) in [5.41, 5.74) is 2.43. The molecular weight excluding hydrogens is 264 g/mol. The maximum atomic E-state index is 9.00. The zero-order valence-corrected chi connectivity index (χ0v) is 12.6. The second-order valence-electron chi connectivity index (χ2n) is 5.04. The third-order valence-corrected chi connectivity index (χ3v) is 3.19. The number of hydrogen-bond acceptors (Lipinski definition) is 5. The van der Waals surface area contributed by atoms with Crippen molar-refractivity contribution in [3.63, 3.8) is 0 Å². The van der Waals surface area contributed by atoms with Crippen LogP contribution in [0.2, 0.25) is 0 Å². The Kier molecular flexibility index (Phi) is 4.39. The highest BCUT2D eigenvalue weighted by molar-refractivity contribution is 5.52. The number of aryl methyl sites for hydroxylation is 1. The van der Waals surface area contributed by atoms with E-state index in [1.807, 2.05) is 20.0 Å². The molecule has 0 amide bonds. The Morgan fingerprint density at radius 2 is 2.05 bits per heavy atom. The maximum Gasteiger partial charge on any atom is 0.227 e. The molecule has 1 aromatic heterocycles. The number of nitrogens with zero attached hydrogens (tertiary/aromatic N) is 3. The Morgan fingerprint density at radius 3 is 2.67 bits per heavy atom. The molecule has 5 heteroatoms. The summed E-state index contributed by atoms with van der Waals surface area (Å²) in [6, 6.07) is 7.47. The summed E-state index contributed by atoms with van der Waals surface area (Å²) in [7, 11) is 1.82. The smallest absolute Gasteiger partial charge is 0.227 e. The number of nitrogens with one attached hydrogen (secondary N) is 1. The van der Waals surface area contributed by atoms with Crippen molar-refractivity contribution < 1.29 is 4.74 Å². The third-order valence-electron chi connectivity index (χ3n) is 3.19. The van der Waals surface area contributed by atoms with Crippen LogP contribution >= 0.6 is 0 Å². The van der Waals surface area contributed by atoms with E-state index in [0.717, 1.165) is 16.9 Å². The van der Waals surface area contributed by atoms with Gasteiger partial charge >= 0.3 is 0 Å². The van der Waals surface area contributed by atoms with Crippen LogP contribution in [0.1, 0.15) is 36.5 Å². The number of ether oxygens (including phenoxy) is 1. The number of benzene rings is 1. The van der Waals surface area contributed by atoms with Crippen LogP contribution in [0.25, 0.3) is 0 Å². The normalized spacial score (nSPS) is 10.3. The summed E-state index contributed by atoms with van der Waals surface area (Å²) in [5.74, 6) is 2.12. The minimum absolute atomic E-state index is 0.211. The van der Waals surface area contributed by atoms with Gasteiger partial charge in [0.1, 0.15) is 17.9 Å². The topological polar surface area (TPSA) is 70.8 Å². The Morgan fingerprint density at radius 1 is 1.29 bits per heavy atom. The molecule has 2 aromatic rings. The van der Waals surface area contributed by atoms with E-state index in [2.05, 4.69) is 35.2 Å². The summed E-state index contributed by atoms with van der Waals surface area (Å²) < 4.78 is 5.94. The molecule has 0 unspecified atom stereocenters. The van der Waals surface area contributed by atoms with Crippen LogP contribution in [0.4, 0.5) is 5.82 Å². The lowest BCUT2D eigenvalue weighted by atomic mass is 10.1. The van der Waals surface area contributed by atoms with Crippen LogP contribution in [0, 0.1) is 18.3 Å². The van der Waals surface area contributed by atoms with E-state index in [0.29, 0.717) is 17.2 Å². The summed E-state index contributed by atoms with van der Waals surface area (Å²) in [4.78, 5) is 8.47. The van der Waals surface area contributed by atoms with Crippen molar-refractivity contribution in [2.45, 2.75) is 26.7 Å². The molecule has 0 saturated heterocycles. The molecule has 1 aromatic carbocycles. The Bertz CT molecular complexity index is 689. The molecule has 0 atom stereocenters. The molecule has 108 valence electrons. The second-order valence-corrected chi connectivity index (χ2v) is 5.04. The van der Waals surface area contributed by atoms with Crippen LogP contribution in [0.15, 0.2) is 24.5 Å². The number of aromatic nitrogens is 2. The van der Waals surface area contributed by atoms with Gasteiger partial charge in [0, 0.05) is 7.05 Å². The van der Waals surface area contributed by atoms with Gasteiger partial charge in [0.2, 0.25) is 5.88 Å². The first-order chi connectivity index (χ1) is 10.1. The Hall–Kier alpha value is -2.61. The van der Waals surface area contributed by atoms with Crippen LogP contribution in [0.5, 0.6) is 11.6 Å². The molecule has 0 fully saturated rings. The highest BCUT2D eigenvalue weighted by Crippen LogP contribution is 2.34. The maximum absolute atomic E-state index is 9.00. The predicted molar refractivity (Wildman–Crippen MR) is 81.6 cm³/mol. The van der Waals surface area contributed by atoms with Crippen molar-refractivity contribution in [3.8, 4) is 17.7 Å². The van der Waals surface area contributed by atoms with Crippen LogP contribution in [-0.2, 0) is 0 Å². The van der Waals surface area contributed by atoms with Crippen molar-refractivity contribution >= 4 is 5.82 Å². The van der Waals surface area contributed by atoms with Gasteiger partial charge in [0.05, 0.1) is 17.2 Å². The van der Waals surface area contributed by atoms with E-state index < -0.39 is 0 Å². The minimum atomic E-state index is 0.211. The number of hydrogen-bond donors (Lipinski definition) is 1. The quantitative estimate of drug-likeness (QED) is 0.927. The molecule has 0 spiro atoms. The molecule has 2 rings (SSSR count). The summed E-state index contributed by atoms with van der Waals surface area (Å²) in [6.45, 7) is 6.06. The Labute approximate surface area is 124 Å². The Balaban J connectivity index is 2.47. The van der Waals surface area contributed by atoms with E-state index in [-0.39, 0.29) is 5.92 Å². The molecule has 21 heavy (non-hydrogen) atoms. The van der Waals surface area contributed by atoms with Crippen molar-refractivity contribution in [1.29, 1.82) is 5.26 Å². The lowest BCUT2D eigenvalue weighted by molar-refractivity contribution is 0.448. The van der Waals surface area contributed by atoms with Crippen molar-refractivity contribution in [2.24, 2.45) is 0 Å². The standard InChI is InChI=1S/C16H18N4O/c1-10(2)14-15(18-4)19-9-20-16(14)21-13-7-12(8-17)6-5-11(13)3/h5-7,9-10H,1-4H3,(H,18,19,20). The monoisotopic (exact) mass is 282 g/mol. The van der Waals surface area contributed by atoms with Crippen molar-refractivity contribution in [3.05, 3.63) is 41.2 Å². The summed E-state index contributed by atoms with van der Waals surface area (Å²) in [6.07, 6.45) is 1.47. The van der Waals surface area contributed by atoms with E-state index in [1.54, 1.807) is 12.1 Å². The molecule has 0 bridgehead atoms. The van der Waals surface area contributed by atoms with Gasteiger partial charge in [-0.3, -0.25) is 0 Å². The fraction of sp³-hybridized carbons (Fsp3) is 0.312. The van der Waals surface area contributed by atoms with Crippen LogP contribution < -0.4 is 10.1 Å². The molecule has 0 radical (unpaired) electrons. The van der Waals surface area contributed by atoms with Gasteiger partial charge in [-0.05, 0) is 30.5 Å². The van der Waals surface area contributed by atoms with Crippen LogP contribution in [-0.4, -0.2) is 17.0 Å². The van der Waals surface area contributed by atoms with E-state index in [9.17, 15) is 0 Å². The van der Waals surface area contributed by atoms with Gasteiger partial charge in [-0.2, -0.15) is 5.26 Å². The fourth-order valence-corrected chi connectivity index (χ4v) is 2.06. The van der Waals surface area contributed by atoms with Gasteiger partial charge in [-0.25, -0.2) is 9.97 Å². The van der Waals surface area contributed by atoms with Gasteiger partial charge in [0.15, 0.2) is 0 Å². The van der Waals surface area contributed by atoms with Crippen molar-refractivity contribution in [2.75, 3.05) is 12.4 Å². The average Bonchev–Trinajstić information content (AvgIpc) is 2.48. The number of anilines is 1. The lowest BCUT2D eigenvalue weighted by Crippen LogP contribution is -2.05. The van der Waals surface area contributed by atoms with E-state index >= 15 is 0 Å². The summed E-state index contributed by atoms with van der Waals surface area (Å²) >= 11 is 0. The molecule has 0 aliphatic heterocycles. The third kappa shape index (κ3) is 3.11.